The van der Waals surface area contributed by atoms with Crippen molar-refractivity contribution in [1.82, 2.24) is 20.6 Å². The monoisotopic (exact) mass is 555 g/mol. The van der Waals surface area contributed by atoms with Crippen LogP contribution in [0.5, 0.6) is 0 Å². The zero-order valence-corrected chi connectivity index (χ0v) is 21.0. The molecule has 2 N–H and O–H groups in total. The topological polar surface area (TPSA) is 68.7 Å². The van der Waals surface area contributed by atoms with Crippen LogP contribution in [-0.4, -0.2) is 55.2 Å². The number of aliphatic imine (C=N–C) groups is 1. The molecule has 1 atom stereocenters. The molecule has 0 bridgehead atoms. The van der Waals surface area contributed by atoms with Gasteiger partial charge in [-0.05, 0) is 55.5 Å². The molecule has 4 rings (SSSR count). The summed E-state index contributed by atoms with van der Waals surface area (Å²) in [5, 5.41) is 7.67. The Kier molecular flexibility index (Phi) is 9.01. The SMILES string of the molecule is CN=C(NCc1ccnc(N2CCCCC2)c1)NC1CCN(c2ncccc2Cl)C1.I. The Morgan fingerprint density at radius 2 is 1.97 bits per heavy atom. The molecule has 2 aromatic heterocycles. The lowest BCUT2D eigenvalue weighted by Crippen LogP contribution is -2.44. The summed E-state index contributed by atoms with van der Waals surface area (Å²) >= 11 is 6.30. The van der Waals surface area contributed by atoms with Crippen molar-refractivity contribution in [2.24, 2.45) is 4.99 Å². The minimum Gasteiger partial charge on any atom is -0.357 e. The van der Waals surface area contributed by atoms with Gasteiger partial charge in [0.05, 0.1) is 5.02 Å². The smallest absolute Gasteiger partial charge is 0.191 e. The van der Waals surface area contributed by atoms with Crippen molar-refractivity contribution in [1.29, 1.82) is 0 Å². The molecule has 1 unspecified atom stereocenters. The van der Waals surface area contributed by atoms with Crippen LogP contribution in [0, 0.1) is 0 Å². The second-order valence-electron chi connectivity index (χ2n) is 7.88. The number of nitrogens with one attached hydrogen (secondary N) is 2. The van der Waals surface area contributed by atoms with E-state index in [4.69, 9.17) is 11.6 Å². The van der Waals surface area contributed by atoms with Crippen molar-refractivity contribution in [3.8, 4) is 0 Å². The van der Waals surface area contributed by atoms with Crippen LogP contribution in [0.2, 0.25) is 5.02 Å². The van der Waals surface area contributed by atoms with Crippen LogP contribution in [0.1, 0.15) is 31.2 Å². The molecular weight excluding hydrogens is 525 g/mol. The lowest BCUT2D eigenvalue weighted by atomic mass is 10.1. The van der Waals surface area contributed by atoms with E-state index in [1.807, 2.05) is 25.4 Å². The van der Waals surface area contributed by atoms with Gasteiger partial charge in [-0.25, -0.2) is 9.97 Å². The first-order valence-corrected chi connectivity index (χ1v) is 11.1. The first-order valence-electron chi connectivity index (χ1n) is 10.8. The third kappa shape index (κ3) is 6.35. The maximum atomic E-state index is 6.30. The number of rotatable bonds is 5. The molecule has 2 saturated heterocycles. The second kappa shape index (κ2) is 11.7. The summed E-state index contributed by atoms with van der Waals surface area (Å²) in [6.45, 7) is 4.70. The maximum absolute atomic E-state index is 6.30. The van der Waals surface area contributed by atoms with Gasteiger partial charge >= 0.3 is 0 Å². The average Bonchev–Trinajstić information content (AvgIpc) is 3.26. The van der Waals surface area contributed by atoms with Crippen LogP contribution >= 0.6 is 35.6 Å². The van der Waals surface area contributed by atoms with Crippen LogP contribution in [0.15, 0.2) is 41.7 Å². The van der Waals surface area contributed by atoms with Gasteiger partial charge in [0.1, 0.15) is 11.6 Å². The number of pyridine rings is 2. The summed E-state index contributed by atoms with van der Waals surface area (Å²) in [4.78, 5) is 18.0. The highest BCUT2D eigenvalue weighted by molar-refractivity contribution is 14.0. The molecule has 4 heterocycles. The van der Waals surface area contributed by atoms with Crippen LogP contribution in [0.3, 0.4) is 0 Å². The van der Waals surface area contributed by atoms with E-state index in [1.165, 1.54) is 24.8 Å². The van der Waals surface area contributed by atoms with Crippen LogP contribution in [-0.2, 0) is 6.54 Å². The predicted octanol–water partition coefficient (Wildman–Crippen LogP) is 3.68. The molecule has 2 fully saturated rings. The van der Waals surface area contributed by atoms with Crippen molar-refractivity contribution in [2.45, 2.75) is 38.3 Å². The summed E-state index contributed by atoms with van der Waals surface area (Å²) in [7, 11) is 1.81. The fourth-order valence-corrected chi connectivity index (χ4v) is 4.36. The van der Waals surface area contributed by atoms with Gasteiger partial charge in [-0.2, -0.15) is 0 Å². The van der Waals surface area contributed by atoms with Crippen molar-refractivity contribution < 1.29 is 0 Å². The van der Waals surface area contributed by atoms with Gasteiger partial charge in [-0.15, -0.1) is 24.0 Å². The van der Waals surface area contributed by atoms with Gasteiger partial charge in [-0.3, -0.25) is 4.99 Å². The molecule has 2 aromatic rings. The average molecular weight is 556 g/mol. The second-order valence-corrected chi connectivity index (χ2v) is 8.29. The fourth-order valence-electron chi connectivity index (χ4n) is 4.12. The van der Waals surface area contributed by atoms with E-state index in [0.29, 0.717) is 17.6 Å². The van der Waals surface area contributed by atoms with E-state index in [0.717, 1.165) is 50.2 Å². The molecule has 168 valence electrons. The number of hydrogen-bond acceptors (Lipinski definition) is 5. The normalized spacial score (nSPS) is 19.2. The number of hydrogen-bond donors (Lipinski definition) is 2. The predicted molar refractivity (Wildman–Crippen MR) is 139 cm³/mol. The molecule has 7 nitrogen and oxygen atoms in total. The van der Waals surface area contributed by atoms with Gasteiger partial charge < -0.3 is 20.4 Å². The third-order valence-corrected chi connectivity index (χ3v) is 6.04. The molecule has 0 aliphatic carbocycles. The Morgan fingerprint density at radius 3 is 2.74 bits per heavy atom. The number of piperidine rings is 1. The number of nitrogens with zero attached hydrogens (tertiary/aromatic N) is 5. The molecule has 31 heavy (non-hydrogen) atoms. The Balaban J connectivity index is 0.00000272. The van der Waals surface area contributed by atoms with E-state index in [2.05, 4.69) is 47.5 Å². The maximum Gasteiger partial charge on any atom is 0.191 e. The Morgan fingerprint density at radius 1 is 1.13 bits per heavy atom. The summed E-state index contributed by atoms with van der Waals surface area (Å²) in [5.41, 5.74) is 1.21. The molecule has 2 aliphatic heterocycles. The lowest BCUT2D eigenvalue weighted by Gasteiger charge is -2.28. The number of halogens is 2. The van der Waals surface area contributed by atoms with E-state index < -0.39 is 0 Å². The fraction of sp³-hybridized carbons (Fsp3) is 0.500. The highest BCUT2D eigenvalue weighted by Crippen LogP contribution is 2.25. The molecule has 0 spiro atoms. The molecule has 0 aromatic carbocycles. The van der Waals surface area contributed by atoms with Gasteiger partial charge in [0.15, 0.2) is 5.96 Å². The van der Waals surface area contributed by atoms with Crippen molar-refractivity contribution in [3.05, 3.63) is 47.2 Å². The summed E-state index contributed by atoms with van der Waals surface area (Å²) < 4.78 is 0. The minimum atomic E-state index is 0. The Bertz CT molecular complexity index is 872. The van der Waals surface area contributed by atoms with Gasteiger partial charge in [-0.1, -0.05) is 11.6 Å². The quantitative estimate of drug-likeness (QED) is 0.333. The van der Waals surface area contributed by atoms with Gasteiger partial charge in [0, 0.05) is 58.2 Å². The largest absolute Gasteiger partial charge is 0.357 e. The highest BCUT2D eigenvalue weighted by Gasteiger charge is 2.25. The summed E-state index contributed by atoms with van der Waals surface area (Å²) in [5.74, 6) is 2.74. The first kappa shape index (κ1) is 23.8. The van der Waals surface area contributed by atoms with Crippen LogP contribution in [0.4, 0.5) is 11.6 Å². The van der Waals surface area contributed by atoms with Crippen molar-refractivity contribution in [3.63, 3.8) is 0 Å². The summed E-state index contributed by atoms with van der Waals surface area (Å²) in [6.07, 6.45) is 8.54. The zero-order chi connectivity index (χ0) is 20.8. The number of anilines is 2. The van der Waals surface area contributed by atoms with Gasteiger partial charge in [0.25, 0.3) is 0 Å². The van der Waals surface area contributed by atoms with E-state index >= 15 is 0 Å². The Labute approximate surface area is 206 Å². The van der Waals surface area contributed by atoms with Crippen molar-refractivity contribution >= 4 is 53.2 Å². The molecular formula is C22H31ClIN7. The molecule has 2 aliphatic rings. The Hall–Kier alpha value is -1.81. The van der Waals surface area contributed by atoms with E-state index in [-0.39, 0.29) is 24.0 Å². The molecule has 0 amide bonds. The minimum absolute atomic E-state index is 0. The van der Waals surface area contributed by atoms with E-state index in [9.17, 15) is 0 Å². The zero-order valence-electron chi connectivity index (χ0n) is 17.9. The summed E-state index contributed by atoms with van der Waals surface area (Å²) in [6, 6.07) is 8.30. The molecule has 0 saturated carbocycles. The number of aromatic nitrogens is 2. The van der Waals surface area contributed by atoms with Crippen molar-refractivity contribution in [2.75, 3.05) is 43.0 Å². The first-order chi connectivity index (χ1) is 14.7. The van der Waals surface area contributed by atoms with Crippen LogP contribution in [0.25, 0.3) is 0 Å². The molecule has 0 radical (unpaired) electrons. The number of guanidine groups is 1. The highest BCUT2D eigenvalue weighted by atomic mass is 127. The third-order valence-electron chi connectivity index (χ3n) is 5.74. The van der Waals surface area contributed by atoms with E-state index in [1.54, 1.807) is 6.20 Å². The standard InChI is InChI=1S/C22H30ClN7.HI/c1-24-22(28-18-8-13-30(16-18)21-19(23)6-5-9-26-21)27-15-17-7-10-25-20(14-17)29-11-3-2-4-12-29;/h5-7,9-10,14,18H,2-4,8,11-13,15-16H2,1H3,(H2,24,27,28);1H. The van der Waals surface area contributed by atoms with Crippen LogP contribution < -0.4 is 20.4 Å². The molecule has 9 heteroatoms. The lowest BCUT2D eigenvalue weighted by molar-refractivity contribution is 0.573. The van der Waals surface area contributed by atoms with Gasteiger partial charge in [0.2, 0.25) is 0 Å².